The highest BCUT2D eigenvalue weighted by molar-refractivity contribution is 7.91. The molecule has 12 heteroatoms. The summed E-state index contributed by atoms with van der Waals surface area (Å²) in [5.74, 6) is -1.10. The summed E-state index contributed by atoms with van der Waals surface area (Å²) < 4.78 is 23.3. The van der Waals surface area contributed by atoms with Crippen molar-refractivity contribution in [1.29, 1.82) is 0 Å². The van der Waals surface area contributed by atoms with Crippen LogP contribution in [-0.2, 0) is 9.84 Å². The minimum atomic E-state index is -3.11. The third-order valence-electron chi connectivity index (χ3n) is 5.25. The molecular formula is C18H22N4O7S. The topological polar surface area (TPSA) is 147 Å². The van der Waals surface area contributed by atoms with E-state index in [4.69, 9.17) is 0 Å². The van der Waals surface area contributed by atoms with E-state index in [-0.39, 0.29) is 47.5 Å². The van der Waals surface area contributed by atoms with E-state index in [9.17, 15) is 32.9 Å². The predicted molar refractivity (Wildman–Crippen MR) is 106 cm³/mol. The van der Waals surface area contributed by atoms with Gasteiger partial charge in [0.25, 0.3) is 17.5 Å². The van der Waals surface area contributed by atoms with E-state index in [1.54, 1.807) is 6.92 Å². The van der Waals surface area contributed by atoms with Gasteiger partial charge in [-0.05, 0) is 25.8 Å². The molecular weight excluding hydrogens is 416 g/mol. The summed E-state index contributed by atoms with van der Waals surface area (Å²) in [6, 6.07) is 2.79. The van der Waals surface area contributed by atoms with Crippen LogP contribution in [0, 0.1) is 10.1 Å². The second-order valence-corrected chi connectivity index (χ2v) is 9.41. The Kier molecular flexibility index (Phi) is 6.06. The summed E-state index contributed by atoms with van der Waals surface area (Å²) >= 11 is 0. The zero-order valence-corrected chi connectivity index (χ0v) is 17.2. The summed E-state index contributed by atoms with van der Waals surface area (Å²) in [6.45, 7) is 2.36. The van der Waals surface area contributed by atoms with Gasteiger partial charge in [0.05, 0.1) is 27.6 Å². The number of nitrogens with one attached hydrogen (secondary N) is 1. The number of imide groups is 1. The van der Waals surface area contributed by atoms with Crippen LogP contribution in [-0.4, -0.2) is 78.2 Å². The number of sulfone groups is 1. The maximum absolute atomic E-state index is 12.4. The molecule has 0 saturated carbocycles. The number of carbonyl (C=O) groups is 3. The Balaban J connectivity index is 1.53. The molecule has 0 aliphatic carbocycles. The minimum Gasteiger partial charge on any atom is -0.338 e. The van der Waals surface area contributed by atoms with Gasteiger partial charge in [0.2, 0.25) is 0 Å². The second-order valence-electron chi connectivity index (χ2n) is 7.18. The van der Waals surface area contributed by atoms with Gasteiger partial charge in [0.15, 0.2) is 9.84 Å². The average Bonchev–Trinajstić information content (AvgIpc) is 3.16. The van der Waals surface area contributed by atoms with Crippen molar-refractivity contribution in [3.05, 3.63) is 39.4 Å². The van der Waals surface area contributed by atoms with E-state index in [0.717, 1.165) is 11.0 Å². The number of benzene rings is 1. The fraction of sp³-hybridized carbons (Fsp3) is 0.500. The lowest BCUT2D eigenvalue weighted by Crippen LogP contribution is -2.47. The van der Waals surface area contributed by atoms with Gasteiger partial charge in [-0.3, -0.25) is 24.6 Å². The standard InChI is InChI=1S/C18H22N4O7S/c1-2-20(13-6-9-30(28,29)11-13)18(25)19-7-3-8-21-16(23)14-5-4-12(22(26)27)10-15(14)17(21)24/h4-5,10,13H,2-3,6-9,11H2,1H3,(H,19,25). The first-order chi connectivity index (χ1) is 14.1. The van der Waals surface area contributed by atoms with Crippen molar-refractivity contribution in [3.8, 4) is 0 Å². The Morgan fingerprint density at radius 2 is 2.00 bits per heavy atom. The number of nitrogens with zero attached hydrogens (tertiary/aromatic N) is 3. The van der Waals surface area contributed by atoms with Gasteiger partial charge in [-0.1, -0.05) is 0 Å². The summed E-state index contributed by atoms with van der Waals surface area (Å²) in [7, 11) is -3.11. The normalized spacial score (nSPS) is 19.6. The number of fused-ring (bicyclic) bond motifs is 1. The molecule has 11 nitrogen and oxygen atoms in total. The van der Waals surface area contributed by atoms with Crippen LogP contribution in [0.4, 0.5) is 10.5 Å². The van der Waals surface area contributed by atoms with Gasteiger partial charge >= 0.3 is 6.03 Å². The SMILES string of the molecule is CCN(C(=O)NCCCN1C(=O)c2ccc([N+](=O)[O-])cc2C1=O)C1CCS(=O)(=O)C1. The van der Waals surface area contributed by atoms with Gasteiger partial charge in [0.1, 0.15) is 0 Å². The van der Waals surface area contributed by atoms with Crippen LogP contribution in [0.5, 0.6) is 0 Å². The molecule has 1 unspecified atom stereocenters. The summed E-state index contributed by atoms with van der Waals surface area (Å²) in [5.41, 5.74) is -0.148. The molecule has 0 bridgehead atoms. The van der Waals surface area contributed by atoms with Gasteiger partial charge < -0.3 is 10.2 Å². The minimum absolute atomic E-state index is 0.00200. The first kappa shape index (κ1) is 21.7. The van der Waals surface area contributed by atoms with Crippen molar-refractivity contribution in [2.75, 3.05) is 31.1 Å². The molecule has 2 heterocycles. The summed E-state index contributed by atoms with van der Waals surface area (Å²) in [5, 5.41) is 13.6. The molecule has 1 aromatic rings. The fourth-order valence-electron chi connectivity index (χ4n) is 3.72. The van der Waals surface area contributed by atoms with E-state index in [1.807, 2.05) is 0 Å². The zero-order valence-electron chi connectivity index (χ0n) is 16.4. The van der Waals surface area contributed by atoms with Crippen molar-refractivity contribution in [3.63, 3.8) is 0 Å². The Morgan fingerprint density at radius 1 is 1.30 bits per heavy atom. The molecule has 1 N–H and O–H groups in total. The van der Waals surface area contributed by atoms with E-state index >= 15 is 0 Å². The monoisotopic (exact) mass is 438 g/mol. The number of nitro groups is 1. The predicted octanol–water partition coefficient (Wildman–Crippen LogP) is 0.800. The summed E-state index contributed by atoms with van der Waals surface area (Å²) in [4.78, 5) is 49.9. The lowest BCUT2D eigenvalue weighted by molar-refractivity contribution is -0.384. The first-order valence-corrected chi connectivity index (χ1v) is 11.4. The van der Waals surface area contributed by atoms with Crippen LogP contribution in [0.3, 0.4) is 0 Å². The molecule has 0 aromatic heterocycles. The third-order valence-corrected chi connectivity index (χ3v) is 7.00. The van der Waals surface area contributed by atoms with Crippen molar-refractivity contribution in [2.24, 2.45) is 0 Å². The van der Waals surface area contributed by atoms with Gasteiger partial charge in [-0.15, -0.1) is 0 Å². The largest absolute Gasteiger partial charge is 0.338 e. The van der Waals surface area contributed by atoms with Gasteiger partial charge in [-0.2, -0.15) is 0 Å². The van der Waals surface area contributed by atoms with E-state index in [1.165, 1.54) is 17.0 Å². The fourth-order valence-corrected chi connectivity index (χ4v) is 5.45. The number of nitro benzene ring substituents is 1. The van der Waals surface area contributed by atoms with Crippen LogP contribution < -0.4 is 5.32 Å². The summed E-state index contributed by atoms with van der Waals surface area (Å²) in [6.07, 6.45) is 0.699. The quantitative estimate of drug-likeness (QED) is 0.287. The highest BCUT2D eigenvalue weighted by Gasteiger charge is 2.37. The van der Waals surface area contributed by atoms with Crippen molar-refractivity contribution in [1.82, 2.24) is 15.1 Å². The van der Waals surface area contributed by atoms with Crippen molar-refractivity contribution >= 4 is 33.4 Å². The Morgan fingerprint density at radius 3 is 2.60 bits per heavy atom. The Labute approximate surface area is 173 Å². The zero-order chi connectivity index (χ0) is 22.1. The number of rotatable bonds is 7. The molecule has 0 spiro atoms. The smallest absolute Gasteiger partial charge is 0.317 e. The van der Waals surface area contributed by atoms with E-state index < -0.39 is 32.6 Å². The lowest BCUT2D eigenvalue weighted by atomic mass is 10.1. The van der Waals surface area contributed by atoms with Gasteiger partial charge in [0, 0.05) is 37.8 Å². The molecule has 2 aliphatic rings. The van der Waals surface area contributed by atoms with Crippen LogP contribution in [0.15, 0.2) is 18.2 Å². The third kappa shape index (κ3) is 4.27. The number of hydrogen-bond acceptors (Lipinski definition) is 7. The number of hydrogen-bond donors (Lipinski definition) is 1. The van der Waals surface area contributed by atoms with Gasteiger partial charge in [-0.25, -0.2) is 13.2 Å². The Bertz CT molecular complexity index is 1010. The molecule has 4 amide bonds. The lowest BCUT2D eigenvalue weighted by Gasteiger charge is -2.27. The Hall–Kier alpha value is -3.02. The van der Waals surface area contributed by atoms with E-state index in [0.29, 0.717) is 19.4 Å². The second kappa shape index (κ2) is 8.38. The molecule has 30 heavy (non-hydrogen) atoms. The van der Waals surface area contributed by atoms with Crippen LogP contribution in [0.1, 0.15) is 40.5 Å². The number of amides is 4. The molecule has 1 aromatic carbocycles. The maximum atomic E-state index is 12.4. The average molecular weight is 438 g/mol. The maximum Gasteiger partial charge on any atom is 0.317 e. The van der Waals surface area contributed by atoms with Crippen LogP contribution in [0.2, 0.25) is 0 Å². The van der Waals surface area contributed by atoms with Crippen LogP contribution in [0.25, 0.3) is 0 Å². The number of carbonyl (C=O) groups excluding carboxylic acids is 3. The molecule has 1 fully saturated rings. The molecule has 0 radical (unpaired) electrons. The molecule has 1 saturated heterocycles. The highest BCUT2D eigenvalue weighted by atomic mass is 32.2. The molecule has 162 valence electrons. The van der Waals surface area contributed by atoms with E-state index in [2.05, 4.69) is 5.32 Å². The highest BCUT2D eigenvalue weighted by Crippen LogP contribution is 2.26. The molecule has 3 rings (SSSR count). The molecule has 2 aliphatic heterocycles. The number of urea groups is 1. The van der Waals surface area contributed by atoms with Crippen LogP contribution >= 0.6 is 0 Å². The first-order valence-electron chi connectivity index (χ1n) is 9.54. The van der Waals surface area contributed by atoms with Crippen molar-refractivity contribution in [2.45, 2.75) is 25.8 Å². The van der Waals surface area contributed by atoms with Crippen molar-refractivity contribution < 1.29 is 27.7 Å². The molecule has 1 atom stereocenters. The number of non-ortho nitro benzene ring substituents is 1.